The van der Waals surface area contributed by atoms with Gasteiger partial charge in [-0.05, 0) is 17.2 Å². The van der Waals surface area contributed by atoms with Crippen molar-refractivity contribution in [1.29, 1.82) is 0 Å². The van der Waals surface area contributed by atoms with Gasteiger partial charge in [0.15, 0.2) is 6.29 Å². The van der Waals surface area contributed by atoms with Crippen LogP contribution in [-0.2, 0) is 0 Å². The lowest BCUT2D eigenvalue weighted by molar-refractivity contribution is 0.112. The zero-order valence-corrected chi connectivity index (χ0v) is 11.7. The molecule has 0 fully saturated rings. The highest BCUT2D eigenvalue weighted by molar-refractivity contribution is 9.10. The quantitative estimate of drug-likeness (QED) is 0.865. The molecule has 0 aromatic heterocycles. The van der Waals surface area contributed by atoms with E-state index in [2.05, 4.69) is 15.9 Å². The second kappa shape index (κ2) is 6.45. The van der Waals surface area contributed by atoms with Gasteiger partial charge in [0.25, 0.3) is 0 Å². The summed E-state index contributed by atoms with van der Waals surface area (Å²) in [6.45, 7) is 0. The highest BCUT2D eigenvalue weighted by Gasteiger charge is 2.07. The van der Waals surface area contributed by atoms with Crippen LogP contribution < -0.4 is 0 Å². The van der Waals surface area contributed by atoms with E-state index in [9.17, 15) is 9.90 Å². The largest absolute Gasteiger partial charge is 0.384 e. The third-order valence-electron chi connectivity index (χ3n) is 2.80. The number of aliphatic hydroxyl groups is 1. The van der Waals surface area contributed by atoms with Crippen molar-refractivity contribution >= 4 is 28.3 Å². The van der Waals surface area contributed by atoms with Crippen LogP contribution >= 0.6 is 15.9 Å². The van der Waals surface area contributed by atoms with Gasteiger partial charge in [-0.2, -0.15) is 0 Å². The van der Waals surface area contributed by atoms with Gasteiger partial charge in [-0.1, -0.05) is 70.5 Å². The van der Waals surface area contributed by atoms with Crippen molar-refractivity contribution < 1.29 is 9.90 Å². The van der Waals surface area contributed by atoms with Gasteiger partial charge in [-0.25, -0.2) is 0 Å². The van der Waals surface area contributed by atoms with E-state index >= 15 is 0 Å². The van der Waals surface area contributed by atoms with Crippen LogP contribution in [0.3, 0.4) is 0 Å². The fourth-order valence-corrected chi connectivity index (χ4v) is 2.30. The average Bonchev–Trinajstić information content (AvgIpc) is 2.45. The van der Waals surface area contributed by atoms with Gasteiger partial charge in [0.05, 0.1) is 6.10 Å². The molecule has 0 radical (unpaired) electrons. The number of carbonyl (C=O) groups is 1. The summed E-state index contributed by atoms with van der Waals surface area (Å²) in [6.07, 6.45) is 3.52. The number of benzene rings is 2. The molecular weight excluding hydrogens is 304 g/mol. The van der Waals surface area contributed by atoms with Crippen molar-refractivity contribution in [3.8, 4) is 0 Å². The maximum atomic E-state index is 10.9. The van der Waals surface area contributed by atoms with Crippen LogP contribution in [0.15, 0.2) is 59.1 Å². The summed E-state index contributed by atoms with van der Waals surface area (Å²) in [6, 6.07) is 14.8. The smallest absolute Gasteiger partial charge is 0.150 e. The third-order valence-corrected chi connectivity index (χ3v) is 3.53. The first-order valence-electron chi connectivity index (χ1n) is 5.87. The molecule has 96 valence electrons. The second-order valence-electron chi connectivity index (χ2n) is 4.07. The fourth-order valence-electron chi connectivity index (χ4n) is 1.78. The normalized spacial score (nSPS) is 12.5. The summed E-state index contributed by atoms with van der Waals surface area (Å²) < 4.78 is 0.857. The van der Waals surface area contributed by atoms with Gasteiger partial charge >= 0.3 is 0 Å². The molecule has 0 saturated carbocycles. The average molecular weight is 317 g/mol. The lowest BCUT2D eigenvalue weighted by atomic mass is 10.1. The number of halogens is 1. The third kappa shape index (κ3) is 3.40. The highest BCUT2D eigenvalue weighted by Crippen LogP contribution is 2.24. The van der Waals surface area contributed by atoms with Gasteiger partial charge in [0, 0.05) is 10.0 Å². The first-order valence-corrected chi connectivity index (χ1v) is 6.66. The molecule has 0 aliphatic heterocycles. The predicted molar refractivity (Wildman–Crippen MR) is 80.0 cm³/mol. The summed E-state index contributed by atoms with van der Waals surface area (Å²) >= 11 is 3.40. The van der Waals surface area contributed by atoms with Crippen molar-refractivity contribution in [3.63, 3.8) is 0 Å². The molecule has 0 bridgehead atoms. The molecule has 19 heavy (non-hydrogen) atoms. The number of rotatable bonds is 4. The van der Waals surface area contributed by atoms with E-state index in [4.69, 9.17) is 0 Å². The molecule has 2 rings (SSSR count). The topological polar surface area (TPSA) is 37.3 Å². The van der Waals surface area contributed by atoms with E-state index in [-0.39, 0.29) is 0 Å². The van der Waals surface area contributed by atoms with Crippen molar-refractivity contribution in [2.75, 3.05) is 0 Å². The lowest BCUT2D eigenvalue weighted by Crippen LogP contribution is -1.94. The Hall–Kier alpha value is -1.71. The Morgan fingerprint density at radius 3 is 2.32 bits per heavy atom. The molecule has 1 atom stereocenters. The van der Waals surface area contributed by atoms with Gasteiger partial charge in [0.2, 0.25) is 0 Å². The number of carbonyl (C=O) groups excluding carboxylic acids is 1. The molecule has 2 aromatic carbocycles. The van der Waals surface area contributed by atoms with Crippen LogP contribution in [0.25, 0.3) is 6.08 Å². The van der Waals surface area contributed by atoms with Crippen molar-refractivity contribution in [1.82, 2.24) is 0 Å². The summed E-state index contributed by atoms with van der Waals surface area (Å²) in [4.78, 5) is 10.9. The van der Waals surface area contributed by atoms with Crippen LogP contribution in [0.4, 0.5) is 0 Å². The van der Waals surface area contributed by atoms with Crippen molar-refractivity contribution in [3.05, 3.63) is 75.8 Å². The zero-order chi connectivity index (χ0) is 13.7. The molecule has 1 unspecified atom stereocenters. The van der Waals surface area contributed by atoms with Gasteiger partial charge in [0.1, 0.15) is 0 Å². The van der Waals surface area contributed by atoms with E-state index in [1.165, 1.54) is 0 Å². The van der Waals surface area contributed by atoms with Crippen LogP contribution in [0, 0.1) is 0 Å². The molecule has 3 heteroatoms. The summed E-state index contributed by atoms with van der Waals surface area (Å²) in [5, 5.41) is 10.1. The molecule has 2 nitrogen and oxygen atoms in total. The SMILES string of the molecule is O=Cc1ccccc1/C=C/C(O)c1ccccc1Br. The predicted octanol–water partition coefficient (Wildman–Crippen LogP) is 4.01. The molecule has 0 aliphatic rings. The second-order valence-corrected chi connectivity index (χ2v) is 4.93. The first-order chi connectivity index (χ1) is 9.22. The minimum absolute atomic E-state index is 0.609. The maximum Gasteiger partial charge on any atom is 0.150 e. The zero-order valence-electron chi connectivity index (χ0n) is 10.2. The van der Waals surface area contributed by atoms with Crippen LogP contribution in [0.2, 0.25) is 0 Å². The Labute approximate surface area is 120 Å². The Morgan fingerprint density at radius 1 is 1.00 bits per heavy atom. The monoisotopic (exact) mass is 316 g/mol. The standard InChI is InChI=1S/C16H13BrO2/c17-15-8-4-3-7-14(15)16(19)10-9-12-5-1-2-6-13(12)11-18/h1-11,16,19H/b10-9+. The molecule has 0 aliphatic carbocycles. The summed E-state index contributed by atoms with van der Waals surface area (Å²) in [5.41, 5.74) is 2.20. The Bertz CT molecular complexity index is 605. The van der Waals surface area contributed by atoms with Gasteiger partial charge in [-0.15, -0.1) is 0 Å². The van der Waals surface area contributed by atoms with Crippen molar-refractivity contribution in [2.45, 2.75) is 6.10 Å². The van der Waals surface area contributed by atoms with Gasteiger partial charge < -0.3 is 5.11 Å². The molecule has 0 amide bonds. The van der Waals surface area contributed by atoms with Crippen LogP contribution in [0.5, 0.6) is 0 Å². The highest BCUT2D eigenvalue weighted by atomic mass is 79.9. The number of aldehydes is 1. The molecular formula is C16H13BrO2. The van der Waals surface area contributed by atoms with E-state index in [0.29, 0.717) is 5.56 Å². The Morgan fingerprint density at radius 2 is 1.63 bits per heavy atom. The molecule has 0 heterocycles. The number of aliphatic hydroxyl groups excluding tert-OH is 1. The number of hydrogen-bond donors (Lipinski definition) is 1. The molecule has 2 aromatic rings. The minimum atomic E-state index is -0.713. The Kier molecular flexibility index (Phi) is 4.66. The van der Waals surface area contributed by atoms with Crippen molar-refractivity contribution in [2.24, 2.45) is 0 Å². The fraction of sp³-hybridized carbons (Fsp3) is 0.0625. The van der Waals surface area contributed by atoms with E-state index in [1.54, 1.807) is 18.2 Å². The number of hydrogen-bond acceptors (Lipinski definition) is 2. The molecule has 1 N–H and O–H groups in total. The first kappa shape index (κ1) is 13.7. The minimum Gasteiger partial charge on any atom is -0.384 e. The molecule has 0 spiro atoms. The van der Waals surface area contributed by atoms with Crippen LogP contribution in [0.1, 0.15) is 27.6 Å². The Balaban J connectivity index is 2.23. The lowest BCUT2D eigenvalue weighted by Gasteiger charge is -2.08. The van der Waals surface area contributed by atoms with Crippen LogP contribution in [-0.4, -0.2) is 11.4 Å². The van der Waals surface area contributed by atoms with E-state index < -0.39 is 6.10 Å². The summed E-state index contributed by atoms with van der Waals surface area (Å²) in [5.74, 6) is 0. The summed E-state index contributed by atoms with van der Waals surface area (Å²) in [7, 11) is 0. The van der Waals surface area contributed by atoms with E-state index in [0.717, 1.165) is 21.9 Å². The molecule has 0 saturated heterocycles. The maximum absolute atomic E-state index is 10.9. The van der Waals surface area contributed by atoms with Gasteiger partial charge in [-0.3, -0.25) is 4.79 Å². The van der Waals surface area contributed by atoms with E-state index in [1.807, 2.05) is 42.5 Å².